The second kappa shape index (κ2) is 8.06. The number of hydrogen-bond donors (Lipinski definition) is 1. The molecule has 0 saturated heterocycles. The lowest BCUT2D eigenvalue weighted by Crippen LogP contribution is -2.37. The number of nitrogens with one attached hydrogen (secondary N) is 1. The Morgan fingerprint density at radius 3 is 2.95 bits per heavy atom. The summed E-state index contributed by atoms with van der Waals surface area (Å²) < 4.78 is 0. The first kappa shape index (κ1) is 15.1. The van der Waals surface area contributed by atoms with Crippen LogP contribution in [0.5, 0.6) is 0 Å². The molecule has 0 aliphatic heterocycles. The fourth-order valence-electron chi connectivity index (χ4n) is 3.47. The van der Waals surface area contributed by atoms with Gasteiger partial charge >= 0.3 is 0 Å². The largest absolute Gasteiger partial charge is 0.311 e. The van der Waals surface area contributed by atoms with Crippen LogP contribution in [-0.2, 0) is 6.42 Å². The van der Waals surface area contributed by atoms with E-state index >= 15 is 0 Å². The van der Waals surface area contributed by atoms with Crippen molar-refractivity contribution in [2.24, 2.45) is 5.92 Å². The lowest BCUT2D eigenvalue weighted by atomic mass is 9.95. The molecule has 1 aliphatic carbocycles. The number of thiophene rings is 1. The summed E-state index contributed by atoms with van der Waals surface area (Å²) in [5.74, 6) is 1.00. The molecule has 1 heterocycles. The minimum atomic E-state index is 0.613. The summed E-state index contributed by atoms with van der Waals surface area (Å²) in [7, 11) is 0. The first-order chi connectivity index (χ1) is 9.28. The van der Waals surface area contributed by atoms with E-state index in [2.05, 4.69) is 36.0 Å². The maximum atomic E-state index is 3.86. The molecule has 19 heavy (non-hydrogen) atoms. The van der Waals surface area contributed by atoms with E-state index in [1.807, 2.05) is 11.3 Å². The van der Waals surface area contributed by atoms with Gasteiger partial charge in [-0.25, -0.2) is 0 Å². The molecule has 2 heteroatoms. The van der Waals surface area contributed by atoms with Crippen molar-refractivity contribution < 1.29 is 0 Å². The second-order valence-electron chi connectivity index (χ2n) is 6.26. The Hall–Kier alpha value is -0.340. The average Bonchev–Trinajstić information content (AvgIpc) is 2.78. The van der Waals surface area contributed by atoms with Crippen LogP contribution in [0.25, 0.3) is 0 Å². The highest BCUT2D eigenvalue weighted by Crippen LogP contribution is 2.27. The van der Waals surface area contributed by atoms with Crippen molar-refractivity contribution in [1.82, 2.24) is 5.32 Å². The maximum Gasteiger partial charge on any atom is 0.00820 e. The maximum absolute atomic E-state index is 3.86. The van der Waals surface area contributed by atoms with Gasteiger partial charge in [0.25, 0.3) is 0 Å². The average molecular weight is 279 g/mol. The third kappa shape index (κ3) is 5.27. The van der Waals surface area contributed by atoms with Gasteiger partial charge in [-0.15, -0.1) is 0 Å². The molecule has 1 nitrogen and oxygen atoms in total. The highest BCUT2D eigenvalue weighted by Gasteiger charge is 2.19. The summed E-state index contributed by atoms with van der Waals surface area (Å²) in [4.78, 5) is 0. The lowest BCUT2D eigenvalue weighted by Gasteiger charge is -2.22. The van der Waals surface area contributed by atoms with Crippen LogP contribution < -0.4 is 5.32 Å². The first-order valence-corrected chi connectivity index (χ1v) is 8.99. The zero-order chi connectivity index (χ0) is 13.5. The predicted octanol–water partition coefficient (Wildman–Crippen LogP) is 5.02. The molecule has 1 aromatic heterocycles. The standard InChI is InChI=1S/C17H29NS/c1-3-5-15-6-4-7-17(9-8-15)18-14(2)12-16-10-11-19-13-16/h10-11,13-15,17-18H,3-9,12H2,1-2H3. The number of hydrogen-bond acceptors (Lipinski definition) is 2. The molecule has 0 bridgehead atoms. The Bertz CT molecular complexity index is 333. The summed E-state index contributed by atoms with van der Waals surface area (Å²) in [5, 5.41) is 8.33. The van der Waals surface area contributed by atoms with Crippen molar-refractivity contribution in [2.45, 2.75) is 77.3 Å². The van der Waals surface area contributed by atoms with Gasteiger partial charge in [-0.1, -0.05) is 32.6 Å². The van der Waals surface area contributed by atoms with E-state index in [-0.39, 0.29) is 0 Å². The Morgan fingerprint density at radius 2 is 2.21 bits per heavy atom. The first-order valence-electron chi connectivity index (χ1n) is 8.05. The Kier molecular flexibility index (Phi) is 6.39. The van der Waals surface area contributed by atoms with Gasteiger partial charge in [0, 0.05) is 12.1 Å². The molecule has 0 spiro atoms. The number of rotatable bonds is 6. The fraction of sp³-hybridized carbons (Fsp3) is 0.765. The van der Waals surface area contributed by atoms with Gasteiger partial charge in [0.2, 0.25) is 0 Å². The van der Waals surface area contributed by atoms with E-state index in [4.69, 9.17) is 0 Å². The molecular weight excluding hydrogens is 250 g/mol. The van der Waals surface area contributed by atoms with Crippen molar-refractivity contribution in [3.63, 3.8) is 0 Å². The van der Waals surface area contributed by atoms with Crippen LogP contribution in [0.4, 0.5) is 0 Å². The third-order valence-corrected chi connectivity index (χ3v) is 5.16. The highest BCUT2D eigenvalue weighted by molar-refractivity contribution is 7.07. The van der Waals surface area contributed by atoms with Crippen LogP contribution in [0.3, 0.4) is 0 Å². The molecule has 0 amide bonds. The van der Waals surface area contributed by atoms with Crippen molar-refractivity contribution in [3.8, 4) is 0 Å². The monoisotopic (exact) mass is 279 g/mol. The van der Waals surface area contributed by atoms with Crippen LogP contribution in [0, 0.1) is 5.92 Å². The van der Waals surface area contributed by atoms with Crippen LogP contribution >= 0.6 is 11.3 Å². The third-order valence-electron chi connectivity index (χ3n) is 4.43. The molecule has 3 unspecified atom stereocenters. The van der Waals surface area contributed by atoms with Crippen molar-refractivity contribution >= 4 is 11.3 Å². The molecule has 2 rings (SSSR count). The van der Waals surface area contributed by atoms with Gasteiger partial charge in [-0.3, -0.25) is 0 Å². The van der Waals surface area contributed by atoms with E-state index < -0.39 is 0 Å². The van der Waals surface area contributed by atoms with Gasteiger partial charge in [0.05, 0.1) is 0 Å². The van der Waals surface area contributed by atoms with Crippen LogP contribution in [0.15, 0.2) is 16.8 Å². The minimum absolute atomic E-state index is 0.613. The zero-order valence-corrected chi connectivity index (χ0v) is 13.3. The van der Waals surface area contributed by atoms with Gasteiger partial charge in [0.15, 0.2) is 0 Å². The molecule has 1 aliphatic rings. The van der Waals surface area contributed by atoms with E-state index in [0.717, 1.165) is 12.0 Å². The Morgan fingerprint density at radius 1 is 1.32 bits per heavy atom. The predicted molar refractivity (Wildman–Crippen MR) is 85.9 cm³/mol. The topological polar surface area (TPSA) is 12.0 Å². The molecular formula is C17H29NS. The lowest BCUT2D eigenvalue weighted by molar-refractivity contribution is 0.388. The smallest absolute Gasteiger partial charge is 0.00820 e. The molecule has 1 fully saturated rings. The zero-order valence-electron chi connectivity index (χ0n) is 12.5. The fourth-order valence-corrected chi connectivity index (χ4v) is 4.15. The molecule has 1 saturated carbocycles. The molecule has 1 N–H and O–H groups in total. The van der Waals surface area contributed by atoms with Crippen LogP contribution in [0.1, 0.15) is 64.4 Å². The molecule has 0 radical (unpaired) electrons. The SMILES string of the molecule is CCCC1CCCC(NC(C)Cc2ccsc2)CC1. The van der Waals surface area contributed by atoms with E-state index in [1.54, 1.807) is 0 Å². The Balaban J connectivity index is 1.73. The summed E-state index contributed by atoms with van der Waals surface area (Å²) >= 11 is 1.81. The summed E-state index contributed by atoms with van der Waals surface area (Å²) in [6.45, 7) is 4.66. The van der Waals surface area contributed by atoms with Gasteiger partial charge in [-0.05, 0) is 60.9 Å². The minimum Gasteiger partial charge on any atom is -0.311 e. The van der Waals surface area contributed by atoms with Crippen LogP contribution in [0.2, 0.25) is 0 Å². The van der Waals surface area contributed by atoms with E-state index in [9.17, 15) is 0 Å². The van der Waals surface area contributed by atoms with Crippen molar-refractivity contribution in [2.75, 3.05) is 0 Å². The Labute approximate surface area is 122 Å². The molecule has 3 atom stereocenters. The van der Waals surface area contributed by atoms with Crippen molar-refractivity contribution in [1.29, 1.82) is 0 Å². The van der Waals surface area contributed by atoms with Crippen LogP contribution in [-0.4, -0.2) is 12.1 Å². The summed E-state index contributed by atoms with van der Waals surface area (Å²) in [6.07, 6.45) is 11.1. The van der Waals surface area contributed by atoms with Gasteiger partial charge in [0.1, 0.15) is 0 Å². The molecule has 0 aromatic carbocycles. The molecule has 108 valence electrons. The van der Waals surface area contributed by atoms with E-state index in [0.29, 0.717) is 6.04 Å². The van der Waals surface area contributed by atoms with Gasteiger partial charge in [-0.2, -0.15) is 11.3 Å². The van der Waals surface area contributed by atoms with Gasteiger partial charge < -0.3 is 5.32 Å². The summed E-state index contributed by atoms with van der Waals surface area (Å²) in [6, 6.07) is 3.63. The van der Waals surface area contributed by atoms with Crippen molar-refractivity contribution in [3.05, 3.63) is 22.4 Å². The highest BCUT2D eigenvalue weighted by atomic mass is 32.1. The van der Waals surface area contributed by atoms with E-state index in [1.165, 1.54) is 56.9 Å². The second-order valence-corrected chi connectivity index (χ2v) is 7.04. The normalized spacial score (nSPS) is 26.0. The summed E-state index contributed by atoms with van der Waals surface area (Å²) in [5.41, 5.74) is 1.49. The quantitative estimate of drug-likeness (QED) is 0.721. The molecule has 1 aromatic rings.